The number of halogens is 1. The molecule has 4 heteroatoms. The molecular formula is C15H14FNOS. The highest BCUT2D eigenvalue weighted by atomic mass is 32.1. The van der Waals surface area contributed by atoms with Crippen molar-refractivity contribution in [2.75, 3.05) is 0 Å². The molecule has 0 saturated heterocycles. The molecule has 2 aromatic rings. The topological polar surface area (TPSA) is 35.2 Å². The van der Waals surface area contributed by atoms with Crippen LogP contribution >= 0.6 is 12.2 Å². The third-order valence-corrected chi connectivity index (χ3v) is 2.80. The maximum atomic E-state index is 13.4. The molecule has 19 heavy (non-hydrogen) atoms. The molecule has 2 nitrogen and oxygen atoms in total. The second-order valence-electron chi connectivity index (χ2n) is 4.17. The summed E-state index contributed by atoms with van der Waals surface area (Å²) in [6.07, 6.45) is 0.572. The first-order valence-corrected chi connectivity index (χ1v) is 6.29. The van der Waals surface area contributed by atoms with Crippen molar-refractivity contribution in [3.8, 4) is 5.75 Å². The quantitative estimate of drug-likeness (QED) is 0.851. The van der Waals surface area contributed by atoms with E-state index in [0.717, 1.165) is 5.56 Å². The van der Waals surface area contributed by atoms with Gasteiger partial charge in [0.25, 0.3) is 0 Å². The van der Waals surface area contributed by atoms with Crippen LogP contribution in [-0.2, 0) is 13.0 Å². The largest absolute Gasteiger partial charge is 0.489 e. The fourth-order valence-corrected chi connectivity index (χ4v) is 1.85. The highest BCUT2D eigenvalue weighted by Crippen LogP contribution is 2.15. The zero-order valence-electron chi connectivity index (χ0n) is 10.3. The van der Waals surface area contributed by atoms with Crippen LogP contribution in [-0.4, -0.2) is 4.99 Å². The second kappa shape index (κ2) is 6.29. The van der Waals surface area contributed by atoms with E-state index >= 15 is 0 Å². The molecule has 0 unspecified atom stereocenters. The molecular weight excluding hydrogens is 261 g/mol. The van der Waals surface area contributed by atoms with Gasteiger partial charge in [0.1, 0.15) is 18.2 Å². The fraction of sp³-hybridized carbons (Fsp3) is 0.133. The van der Waals surface area contributed by atoms with E-state index in [0.29, 0.717) is 22.7 Å². The van der Waals surface area contributed by atoms with Crippen LogP contribution in [0.5, 0.6) is 5.75 Å². The first-order chi connectivity index (χ1) is 9.15. The van der Waals surface area contributed by atoms with Crippen molar-refractivity contribution in [3.63, 3.8) is 0 Å². The third-order valence-electron chi connectivity index (χ3n) is 2.65. The molecule has 0 spiro atoms. The van der Waals surface area contributed by atoms with Gasteiger partial charge in [0.2, 0.25) is 0 Å². The third kappa shape index (κ3) is 4.03. The first kappa shape index (κ1) is 13.5. The van der Waals surface area contributed by atoms with Crippen LogP contribution in [0.2, 0.25) is 0 Å². The maximum absolute atomic E-state index is 13.4. The van der Waals surface area contributed by atoms with Gasteiger partial charge < -0.3 is 10.5 Å². The molecule has 0 aliphatic heterocycles. The Morgan fingerprint density at radius 3 is 2.42 bits per heavy atom. The summed E-state index contributed by atoms with van der Waals surface area (Å²) in [4.78, 5) is 0.458. The summed E-state index contributed by atoms with van der Waals surface area (Å²) in [7, 11) is 0. The van der Waals surface area contributed by atoms with Gasteiger partial charge in [-0.25, -0.2) is 4.39 Å². The molecule has 98 valence electrons. The maximum Gasteiger partial charge on any atom is 0.129 e. The molecule has 0 amide bonds. The predicted octanol–water partition coefficient (Wildman–Crippen LogP) is 3.23. The minimum absolute atomic E-state index is 0.210. The number of hydrogen-bond donors (Lipinski definition) is 1. The van der Waals surface area contributed by atoms with Crippen molar-refractivity contribution in [1.29, 1.82) is 0 Å². The minimum atomic E-state index is -0.257. The predicted molar refractivity (Wildman–Crippen MR) is 77.7 cm³/mol. The lowest BCUT2D eigenvalue weighted by molar-refractivity contribution is 0.300. The van der Waals surface area contributed by atoms with Crippen molar-refractivity contribution >= 4 is 17.2 Å². The number of ether oxygens (including phenoxy) is 1. The monoisotopic (exact) mass is 275 g/mol. The van der Waals surface area contributed by atoms with E-state index in [9.17, 15) is 4.39 Å². The molecule has 2 rings (SSSR count). The lowest BCUT2D eigenvalue weighted by Crippen LogP contribution is -2.10. The van der Waals surface area contributed by atoms with E-state index in [-0.39, 0.29) is 12.4 Å². The molecule has 0 aromatic heterocycles. The summed E-state index contributed by atoms with van der Waals surface area (Å²) >= 11 is 4.84. The van der Waals surface area contributed by atoms with Crippen LogP contribution in [0.25, 0.3) is 0 Å². The lowest BCUT2D eigenvalue weighted by Gasteiger charge is -2.08. The van der Waals surface area contributed by atoms with E-state index < -0.39 is 0 Å². The number of rotatable bonds is 5. The van der Waals surface area contributed by atoms with Crippen molar-refractivity contribution < 1.29 is 9.13 Å². The molecule has 0 aliphatic carbocycles. The lowest BCUT2D eigenvalue weighted by atomic mass is 10.1. The molecule has 0 saturated carbocycles. The van der Waals surface area contributed by atoms with Crippen LogP contribution < -0.4 is 10.5 Å². The number of hydrogen-bond acceptors (Lipinski definition) is 2. The molecule has 0 aliphatic rings. The van der Waals surface area contributed by atoms with Gasteiger partial charge in [-0.05, 0) is 23.8 Å². The zero-order valence-corrected chi connectivity index (χ0v) is 11.1. The van der Waals surface area contributed by atoms with Crippen molar-refractivity contribution in [2.24, 2.45) is 5.73 Å². The number of benzene rings is 2. The molecule has 0 radical (unpaired) electrons. The Morgan fingerprint density at radius 2 is 1.79 bits per heavy atom. The molecule has 2 aromatic carbocycles. The van der Waals surface area contributed by atoms with Crippen molar-refractivity contribution in [1.82, 2.24) is 0 Å². The standard InChI is InChI=1S/C15H14FNOS/c16-14-4-2-1-3-12(14)10-18-13-7-5-11(6-8-13)9-15(17)19/h1-8H,9-10H2,(H2,17,19). The van der Waals surface area contributed by atoms with E-state index in [1.165, 1.54) is 6.07 Å². The Balaban J connectivity index is 1.97. The van der Waals surface area contributed by atoms with Gasteiger partial charge in [0, 0.05) is 12.0 Å². The SMILES string of the molecule is NC(=S)Cc1ccc(OCc2ccccc2F)cc1. The fourth-order valence-electron chi connectivity index (χ4n) is 1.68. The van der Waals surface area contributed by atoms with Gasteiger partial charge in [-0.3, -0.25) is 0 Å². The Labute approximate surface area is 117 Å². The smallest absolute Gasteiger partial charge is 0.129 e. The van der Waals surface area contributed by atoms with Gasteiger partial charge in [-0.1, -0.05) is 42.5 Å². The van der Waals surface area contributed by atoms with Crippen LogP contribution in [0.1, 0.15) is 11.1 Å². The summed E-state index contributed by atoms with van der Waals surface area (Å²) in [5.74, 6) is 0.433. The number of nitrogens with two attached hydrogens (primary N) is 1. The molecule has 0 heterocycles. The second-order valence-corrected chi connectivity index (χ2v) is 4.69. The summed E-state index contributed by atoms with van der Waals surface area (Å²) in [5, 5.41) is 0. The molecule has 0 atom stereocenters. The first-order valence-electron chi connectivity index (χ1n) is 5.88. The highest BCUT2D eigenvalue weighted by Gasteiger charge is 2.02. The van der Waals surface area contributed by atoms with Gasteiger partial charge in [0.05, 0.1) is 4.99 Å². The number of thiocarbonyl (C=S) groups is 1. The minimum Gasteiger partial charge on any atom is -0.489 e. The van der Waals surface area contributed by atoms with Gasteiger partial charge in [-0.15, -0.1) is 0 Å². The van der Waals surface area contributed by atoms with Crippen molar-refractivity contribution in [2.45, 2.75) is 13.0 Å². The van der Waals surface area contributed by atoms with Crippen LogP contribution in [0.4, 0.5) is 4.39 Å². The average molecular weight is 275 g/mol. The Kier molecular flexibility index (Phi) is 4.47. The average Bonchev–Trinajstić information content (AvgIpc) is 2.39. The highest BCUT2D eigenvalue weighted by molar-refractivity contribution is 7.80. The molecule has 0 bridgehead atoms. The van der Waals surface area contributed by atoms with Crippen molar-refractivity contribution in [3.05, 3.63) is 65.5 Å². The van der Waals surface area contributed by atoms with Gasteiger partial charge in [-0.2, -0.15) is 0 Å². The zero-order chi connectivity index (χ0) is 13.7. The summed E-state index contributed by atoms with van der Waals surface area (Å²) in [5.41, 5.74) is 7.04. The summed E-state index contributed by atoms with van der Waals surface area (Å²) in [6.45, 7) is 0.210. The molecule has 0 fully saturated rings. The van der Waals surface area contributed by atoms with Gasteiger partial charge in [0.15, 0.2) is 0 Å². The van der Waals surface area contributed by atoms with Crippen LogP contribution in [0.3, 0.4) is 0 Å². The van der Waals surface area contributed by atoms with Crippen LogP contribution in [0, 0.1) is 5.82 Å². The van der Waals surface area contributed by atoms with E-state index in [4.69, 9.17) is 22.7 Å². The van der Waals surface area contributed by atoms with E-state index in [1.807, 2.05) is 24.3 Å². The Hall–Kier alpha value is -1.94. The van der Waals surface area contributed by atoms with E-state index in [1.54, 1.807) is 18.2 Å². The summed E-state index contributed by atoms with van der Waals surface area (Å²) in [6, 6.07) is 14.0. The van der Waals surface area contributed by atoms with E-state index in [2.05, 4.69) is 0 Å². The normalized spacial score (nSPS) is 10.2. The summed E-state index contributed by atoms with van der Waals surface area (Å²) < 4.78 is 18.9. The van der Waals surface area contributed by atoms with Crippen LogP contribution in [0.15, 0.2) is 48.5 Å². The van der Waals surface area contributed by atoms with Gasteiger partial charge >= 0.3 is 0 Å². The Morgan fingerprint density at radius 1 is 1.11 bits per heavy atom. The molecule has 2 N–H and O–H groups in total. The Bertz CT molecular complexity index is 569.